The van der Waals surface area contributed by atoms with Gasteiger partial charge in [-0.1, -0.05) is 35.9 Å². The van der Waals surface area contributed by atoms with Crippen LogP contribution in [0.4, 0.5) is 0 Å². The van der Waals surface area contributed by atoms with Crippen molar-refractivity contribution in [1.29, 1.82) is 0 Å². The minimum atomic E-state index is -0.00208. The zero-order valence-corrected chi connectivity index (χ0v) is 17.4. The quantitative estimate of drug-likeness (QED) is 0.768. The Labute approximate surface area is 173 Å². The van der Waals surface area contributed by atoms with E-state index in [0.717, 1.165) is 37.2 Å². The van der Waals surface area contributed by atoms with E-state index in [2.05, 4.69) is 48.6 Å². The minimum Gasteiger partial charge on any atom is -0.493 e. The Kier molecular flexibility index (Phi) is 6.08. The van der Waals surface area contributed by atoms with Gasteiger partial charge in [0.1, 0.15) is 0 Å². The summed E-state index contributed by atoms with van der Waals surface area (Å²) in [6.45, 7) is 2.76. The van der Waals surface area contributed by atoms with Gasteiger partial charge < -0.3 is 14.8 Å². The number of carbonyl (C=O) groups is 1. The molecular weight excluding hydrogens is 362 g/mol. The van der Waals surface area contributed by atoms with Gasteiger partial charge in [-0.3, -0.25) is 4.79 Å². The summed E-state index contributed by atoms with van der Waals surface area (Å²) in [6, 6.07) is 14.7. The van der Waals surface area contributed by atoms with Crippen LogP contribution in [0.1, 0.15) is 54.7 Å². The first-order chi connectivity index (χ1) is 14.1. The molecule has 0 radical (unpaired) electrons. The normalized spacial score (nSPS) is 22.3. The lowest BCUT2D eigenvalue weighted by Crippen LogP contribution is -2.41. The van der Waals surface area contributed by atoms with Crippen LogP contribution >= 0.6 is 0 Å². The summed E-state index contributed by atoms with van der Waals surface area (Å²) in [5.41, 5.74) is 3.68. The standard InChI is InChI=1S/C25H31NO3/c1-17-7-9-18(10-8-17)13-20-14-21(16-26-25(20)27)19-11-12-23(28-2)24(15-19)29-22-5-3-4-6-22/h7-12,15,20-22H,3-6,13-14,16H2,1-2H3,(H,26,27)/t20-,21+/m0/s1. The fourth-order valence-electron chi connectivity index (χ4n) is 4.57. The lowest BCUT2D eigenvalue weighted by Gasteiger charge is -2.30. The van der Waals surface area contributed by atoms with Crippen LogP contribution in [0.2, 0.25) is 0 Å². The summed E-state index contributed by atoms with van der Waals surface area (Å²) >= 11 is 0. The van der Waals surface area contributed by atoms with Crippen molar-refractivity contribution in [2.75, 3.05) is 13.7 Å². The topological polar surface area (TPSA) is 47.6 Å². The number of aryl methyl sites for hydroxylation is 1. The first-order valence-electron chi connectivity index (χ1n) is 10.8. The fourth-order valence-corrected chi connectivity index (χ4v) is 4.57. The van der Waals surface area contributed by atoms with E-state index in [1.807, 2.05) is 6.07 Å². The Bertz CT molecular complexity index is 840. The minimum absolute atomic E-state index is 0.00208. The van der Waals surface area contributed by atoms with E-state index >= 15 is 0 Å². The second kappa shape index (κ2) is 8.89. The monoisotopic (exact) mass is 393 g/mol. The van der Waals surface area contributed by atoms with Crippen molar-refractivity contribution in [3.05, 3.63) is 59.2 Å². The van der Waals surface area contributed by atoms with E-state index in [-0.39, 0.29) is 11.8 Å². The molecule has 1 saturated heterocycles. The second-order valence-electron chi connectivity index (χ2n) is 8.50. The molecular formula is C25H31NO3. The number of ether oxygens (including phenoxy) is 2. The molecule has 0 unspecified atom stereocenters. The van der Waals surface area contributed by atoms with Crippen molar-refractivity contribution in [1.82, 2.24) is 5.32 Å². The molecule has 4 rings (SSSR count). The van der Waals surface area contributed by atoms with Crippen LogP contribution in [0.25, 0.3) is 0 Å². The molecule has 0 aromatic heterocycles. The van der Waals surface area contributed by atoms with Crippen molar-refractivity contribution in [2.45, 2.75) is 57.5 Å². The Balaban J connectivity index is 1.49. The molecule has 2 atom stereocenters. The summed E-state index contributed by atoms with van der Waals surface area (Å²) < 4.78 is 11.8. The molecule has 1 aliphatic carbocycles. The predicted octanol–water partition coefficient (Wildman–Crippen LogP) is 4.79. The smallest absolute Gasteiger partial charge is 0.223 e. The second-order valence-corrected chi connectivity index (χ2v) is 8.50. The van der Waals surface area contributed by atoms with E-state index in [9.17, 15) is 4.79 Å². The molecule has 0 spiro atoms. The SMILES string of the molecule is COc1ccc([C@H]2CNC(=O)[C@@H](Cc3ccc(C)cc3)C2)cc1OC1CCCC1. The van der Waals surface area contributed by atoms with Gasteiger partial charge in [-0.2, -0.15) is 0 Å². The maximum atomic E-state index is 12.5. The van der Waals surface area contributed by atoms with Crippen LogP contribution in [0, 0.1) is 12.8 Å². The zero-order chi connectivity index (χ0) is 20.2. The van der Waals surface area contributed by atoms with E-state index in [0.29, 0.717) is 18.6 Å². The van der Waals surface area contributed by atoms with Crippen molar-refractivity contribution >= 4 is 5.91 Å². The van der Waals surface area contributed by atoms with Gasteiger partial charge in [0.05, 0.1) is 13.2 Å². The Morgan fingerprint density at radius 1 is 1.03 bits per heavy atom. The molecule has 1 aliphatic heterocycles. The van der Waals surface area contributed by atoms with Crippen LogP contribution in [0.3, 0.4) is 0 Å². The van der Waals surface area contributed by atoms with Gasteiger partial charge in [-0.05, 0) is 68.7 Å². The molecule has 29 heavy (non-hydrogen) atoms. The lowest BCUT2D eigenvalue weighted by molar-refractivity contribution is -0.126. The Morgan fingerprint density at radius 3 is 2.52 bits per heavy atom. The number of benzene rings is 2. The lowest BCUT2D eigenvalue weighted by atomic mass is 9.82. The van der Waals surface area contributed by atoms with Gasteiger partial charge in [0.25, 0.3) is 0 Å². The molecule has 2 fully saturated rings. The van der Waals surface area contributed by atoms with E-state index in [4.69, 9.17) is 9.47 Å². The highest BCUT2D eigenvalue weighted by Gasteiger charge is 2.30. The van der Waals surface area contributed by atoms with Crippen molar-refractivity contribution in [3.8, 4) is 11.5 Å². The zero-order valence-electron chi connectivity index (χ0n) is 17.4. The van der Waals surface area contributed by atoms with Crippen molar-refractivity contribution in [2.24, 2.45) is 5.92 Å². The number of carbonyl (C=O) groups excluding carboxylic acids is 1. The number of methoxy groups -OCH3 is 1. The molecule has 2 aromatic carbocycles. The first-order valence-corrected chi connectivity index (χ1v) is 10.8. The molecule has 1 N–H and O–H groups in total. The number of hydrogen-bond acceptors (Lipinski definition) is 3. The Hall–Kier alpha value is -2.49. The number of amides is 1. The Morgan fingerprint density at radius 2 is 1.79 bits per heavy atom. The highest BCUT2D eigenvalue weighted by molar-refractivity contribution is 5.80. The third kappa shape index (κ3) is 4.75. The maximum Gasteiger partial charge on any atom is 0.223 e. The van der Waals surface area contributed by atoms with Gasteiger partial charge in [0, 0.05) is 18.4 Å². The molecule has 1 heterocycles. The largest absolute Gasteiger partial charge is 0.493 e. The van der Waals surface area contributed by atoms with Crippen LogP contribution in [-0.4, -0.2) is 25.7 Å². The number of rotatable bonds is 6. The summed E-state index contributed by atoms with van der Waals surface area (Å²) in [6.07, 6.45) is 6.64. The number of nitrogens with one attached hydrogen (secondary N) is 1. The number of hydrogen-bond donors (Lipinski definition) is 1. The molecule has 0 bridgehead atoms. The molecule has 2 aromatic rings. The predicted molar refractivity (Wildman–Crippen MR) is 115 cm³/mol. The highest BCUT2D eigenvalue weighted by Crippen LogP contribution is 2.37. The summed E-state index contributed by atoms with van der Waals surface area (Å²) in [7, 11) is 1.69. The fraction of sp³-hybridized carbons (Fsp3) is 0.480. The molecule has 2 aliphatic rings. The molecule has 154 valence electrons. The molecule has 1 saturated carbocycles. The summed E-state index contributed by atoms with van der Waals surface area (Å²) in [4.78, 5) is 12.5. The van der Waals surface area contributed by atoms with Crippen LogP contribution in [0.5, 0.6) is 11.5 Å². The first kappa shape index (κ1) is 19.8. The van der Waals surface area contributed by atoms with Crippen LogP contribution < -0.4 is 14.8 Å². The van der Waals surface area contributed by atoms with Crippen molar-refractivity contribution < 1.29 is 14.3 Å². The third-order valence-electron chi connectivity index (χ3n) is 6.32. The summed E-state index contributed by atoms with van der Waals surface area (Å²) in [5, 5.41) is 3.12. The van der Waals surface area contributed by atoms with Gasteiger partial charge in [-0.25, -0.2) is 0 Å². The van der Waals surface area contributed by atoms with Gasteiger partial charge in [0.2, 0.25) is 5.91 Å². The van der Waals surface area contributed by atoms with Gasteiger partial charge >= 0.3 is 0 Å². The van der Waals surface area contributed by atoms with Crippen LogP contribution in [-0.2, 0) is 11.2 Å². The van der Waals surface area contributed by atoms with Gasteiger partial charge in [-0.15, -0.1) is 0 Å². The molecule has 1 amide bonds. The highest BCUT2D eigenvalue weighted by atomic mass is 16.5. The van der Waals surface area contributed by atoms with Gasteiger partial charge in [0.15, 0.2) is 11.5 Å². The summed E-state index contributed by atoms with van der Waals surface area (Å²) in [5.74, 6) is 2.08. The third-order valence-corrected chi connectivity index (χ3v) is 6.32. The maximum absolute atomic E-state index is 12.5. The average molecular weight is 394 g/mol. The van der Waals surface area contributed by atoms with E-state index < -0.39 is 0 Å². The van der Waals surface area contributed by atoms with Crippen LogP contribution in [0.15, 0.2) is 42.5 Å². The van der Waals surface area contributed by atoms with E-state index in [1.165, 1.54) is 29.5 Å². The molecule has 4 heteroatoms. The van der Waals surface area contributed by atoms with Crippen molar-refractivity contribution in [3.63, 3.8) is 0 Å². The molecule has 4 nitrogen and oxygen atoms in total. The average Bonchev–Trinajstić information content (AvgIpc) is 3.24. The number of piperidine rings is 1. The van der Waals surface area contributed by atoms with E-state index in [1.54, 1.807) is 7.11 Å².